The van der Waals surface area contributed by atoms with Gasteiger partial charge in [0.05, 0.1) is 7.11 Å². The van der Waals surface area contributed by atoms with Gasteiger partial charge in [-0.3, -0.25) is 4.79 Å². The molecule has 2 rings (SSSR count). The van der Waals surface area contributed by atoms with E-state index in [9.17, 15) is 22.8 Å². The van der Waals surface area contributed by atoms with Gasteiger partial charge in [-0.25, -0.2) is 4.79 Å². The third kappa shape index (κ3) is 3.90. The number of ether oxygens (including phenoxy) is 2. The molecule has 0 N–H and O–H groups in total. The molecule has 1 fully saturated rings. The van der Waals surface area contributed by atoms with Crippen LogP contribution in [0.15, 0.2) is 23.1 Å². The number of carbonyl (C=O) groups excluding carboxylic acids is 2. The number of alkyl halides is 3. The van der Waals surface area contributed by atoms with Crippen molar-refractivity contribution in [2.75, 3.05) is 19.9 Å². The fourth-order valence-corrected chi connectivity index (χ4v) is 2.70. The zero-order chi connectivity index (χ0) is 17.2. The maximum absolute atomic E-state index is 12.5. The molecule has 1 heterocycles. The Morgan fingerprint density at radius 3 is 2.52 bits per heavy atom. The average molecular weight is 349 g/mol. The van der Waals surface area contributed by atoms with Gasteiger partial charge in [0.1, 0.15) is 11.8 Å². The van der Waals surface area contributed by atoms with Gasteiger partial charge in [-0.15, -0.1) is 24.9 Å². The van der Waals surface area contributed by atoms with Crippen LogP contribution in [0.4, 0.5) is 13.2 Å². The second-order valence-corrected chi connectivity index (χ2v) is 5.59. The first kappa shape index (κ1) is 17.5. The van der Waals surface area contributed by atoms with Gasteiger partial charge in [0.15, 0.2) is 0 Å². The first-order chi connectivity index (χ1) is 10.8. The molecule has 1 aromatic rings. The molecule has 1 amide bonds. The Balaban J connectivity index is 2.24. The van der Waals surface area contributed by atoms with Crippen LogP contribution in [0, 0.1) is 0 Å². The van der Waals surface area contributed by atoms with Gasteiger partial charge in [-0.05, 0) is 30.9 Å². The molecule has 126 valence electrons. The molecule has 0 radical (unpaired) electrons. The number of thioether (sulfide) groups is 1. The van der Waals surface area contributed by atoms with E-state index in [1.54, 1.807) is 6.26 Å². The molecule has 1 unspecified atom stereocenters. The van der Waals surface area contributed by atoms with Crippen LogP contribution in [0.2, 0.25) is 0 Å². The maximum Gasteiger partial charge on any atom is 0.573 e. The quantitative estimate of drug-likeness (QED) is 0.618. The molecule has 0 aromatic heterocycles. The van der Waals surface area contributed by atoms with Crippen molar-refractivity contribution < 1.29 is 32.2 Å². The second kappa shape index (κ2) is 6.69. The van der Waals surface area contributed by atoms with Crippen molar-refractivity contribution in [1.82, 2.24) is 4.90 Å². The van der Waals surface area contributed by atoms with Gasteiger partial charge in [0.25, 0.3) is 5.91 Å². The largest absolute Gasteiger partial charge is 0.573 e. The zero-order valence-corrected chi connectivity index (χ0v) is 13.2. The number of esters is 1. The number of methoxy groups -OCH3 is 1. The Kier molecular flexibility index (Phi) is 5.08. The van der Waals surface area contributed by atoms with Gasteiger partial charge < -0.3 is 14.4 Å². The molecule has 1 aromatic carbocycles. The lowest BCUT2D eigenvalue weighted by Gasteiger charge is -2.38. The molecule has 1 saturated heterocycles. The van der Waals surface area contributed by atoms with E-state index in [-0.39, 0.29) is 10.5 Å². The maximum atomic E-state index is 12.5. The monoisotopic (exact) mass is 349 g/mol. The summed E-state index contributed by atoms with van der Waals surface area (Å²) in [5.41, 5.74) is 0.0238. The van der Waals surface area contributed by atoms with Crippen molar-refractivity contribution in [3.05, 3.63) is 23.8 Å². The Bertz CT molecular complexity index is 621. The van der Waals surface area contributed by atoms with E-state index in [0.717, 1.165) is 17.8 Å². The third-order valence-electron chi connectivity index (χ3n) is 3.39. The van der Waals surface area contributed by atoms with Gasteiger partial charge in [0, 0.05) is 17.0 Å². The van der Waals surface area contributed by atoms with E-state index in [1.165, 1.54) is 24.1 Å². The van der Waals surface area contributed by atoms with E-state index in [0.29, 0.717) is 13.0 Å². The predicted octanol–water partition coefficient (Wildman–Crippen LogP) is 2.69. The number of hydrogen-bond donors (Lipinski definition) is 0. The summed E-state index contributed by atoms with van der Waals surface area (Å²) in [5, 5.41) is 0. The molecule has 0 spiro atoms. The minimum Gasteiger partial charge on any atom is -0.467 e. The summed E-state index contributed by atoms with van der Waals surface area (Å²) >= 11 is 1.07. The van der Waals surface area contributed by atoms with Crippen molar-refractivity contribution in [2.24, 2.45) is 0 Å². The number of amides is 1. The number of carbonyl (C=O) groups is 2. The summed E-state index contributed by atoms with van der Waals surface area (Å²) in [6, 6.07) is 3.13. The molecule has 0 aliphatic carbocycles. The fraction of sp³-hybridized carbons (Fsp3) is 0.429. The topological polar surface area (TPSA) is 55.8 Å². The highest BCUT2D eigenvalue weighted by Gasteiger charge is 2.39. The lowest BCUT2D eigenvalue weighted by atomic mass is 10.0. The van der Waals surface area contributed by atoms with Crippen molar-refractivity contribution in [2.45, 2.75) is 23.7 Å². The molecular formula is C14H14F3NO4S. The Morgan fingerprint density at radius 1 is 1.35 bits per heavy atom. The van der Waals surface area contributed by atoms with Crippen LogP contribution in [-0.2, 0) is 9.53 Å². The summed E-state index contributed by atoms with van der Waals surface area (Å²) in [6.45, 7) is 0.346. The lowest BCUT2D eigenvalue weighted by molar-refractivity contribution is -0.275. The number of hydrogen-bond acceptors (Lipinski definition) is 5. The molecule has 0 bridgehead atoms. The Labute approximate surface area is 134 Å². The standard InChI is InChI=1S/C14H14F3NO4S/c1-21-13(20)9-5-6-18(9)12(19)8-3-4-11(23-2)10(7-8)22-14(15,16)17/h3-4,7,9H,5-6H2,1-2H3. The second-order valence-electron chi connectivity index (χ2n) is 4.74. The van der Waals surface area contributed by atoms with E-state index < -0.39 is 30.0 Å². The third-order valence-corrected chi connectivity index (χ3v) is 4.17. The highest BCUT2D eigenvalue weighted by molar-refractivity contribution is 7.98. The van der Waals surface area contributed by atoms with Crippen molar-refractivity contribution >= 4 is 23.6 Å². The number of halogens is 3. The Morgan fingerprint density at radius 2 is 2.04 bits per heavy atom. The summed E-state index contributed by atoms with van der Waals surface area (Å²) in [5.74, 6) is -1.52. The number of rotatable bonds is 4. The average Bonchev–Trinajstić information content (AvgIpc) is 2.44. The van der Waals surface area contributed by atoms with Crippen LogP contribution in [-0.4, -0.2) is 49.1 Å². The lowest BCUT2D eigenvalue weighted by Crippen LogP contribution is -2.55. The van der Waals surface area contributed by atoms with Crippen LogP contribution in [0.3, 0.4) is 0 Å². The van der Waals surface area contributed by atoms with Gasteiger partial charge in [0.2, 0.25) is 0 Å². The van der Waals surface area contributed by atoms with Crippen LogP contribution in [0.1, 0.15) is 16.8 Å². The highest BCUT2D eigenvalue weighted by atomic mass is 32.2. The first-order valence-electron chi connectivity index (χ1n) is 6.59. The number of nitrogens with zero attached hydrogens (tertiary/aromatic N) is 1. The summed E-state index contributed by atoms with van der Waals surface area (Å²) in [4.78, 5) is 25.4. The van der Waals surface area contributed by atoms with Crippen LogP contribution in [0.5, 0.6) is 5.75 Å². The molecule has 1 aliphatic heterocycles. The summed E-state index contributed by atoms with van der Waals surface area (Å²) < 4.78 is 45.9. The molecule has 1 atom stereocenters. The zero-order valence-electron chi connectivity index (χ0n) is 12.3. The molecule has 9 heteroatoms. The number of likely N-dealkylation sites (tertiary alicyclic amines) is 1. The normalized spacial score (nSPS) is 17.4. The minimum atomic E-state index is -4.85. The Hall–Kier alpha value is -1.90. The number of benzene rings is 1. The summed E-state index contributed by atoms with van der Waals surface area (Å²) in [7, 11) is 1.21. The van der Waals surface area contributed by atoms with Gasteiger partial charge in [-0.1, -0.05) is 0 Å². The molecule has 0 saturated carbocycles. The van der Waals surface area contributed by atoms with Crippen LogP contribution in [0.25, 0.3) is 0 Å². The van der Waals surface area contributed by atoms with Crippen molar-refractivity contribution in [3.63, 3.8) is 0 Å². The van der Waals surface area contributed by atoms with Crippen LogP contribution < -0.4 is 4.74 Å². The highest BCUT2D eigenvalue weighted by Crippen LogP contribution is 2.34. The summed E-state index contributed by atoms with van der Waals surface area (Å²) in [6.07, 6.45) is -2.78. The minimum absolute atomic E-state index is 0.0238. The molecule has 5 nitrogen and oxygen atoms in total. The smallest absolute Gasteiger partial charge is 0.467 e. The van der Waals surface area contributed by atoms with Gasteiger partial charge in [-0.2, -0.15) is 0 Å². The van der Waals surface area contributed by atoms with Gasteiger partial charge >= 0.3 is 12.3 Å². The predicted molar refractivity (Wildman–Crippen MR) is 76.4 cm³/mol. The van der Waals surface area contributed by atoms with Crippen molar-refractivity contribution in [1.29, 1.82) is 0 Å². The van der Waals surface area contributed by atoms with E-state index in [2.05, 4.69) is 9.47 Å². The van der Waals surface area contributed by atoms with E-state index in [4.69, 9.17) is 0 Å². The first-order valence-corrected chi connectivity index (χ1v) is 7.82. The fourth-order valence-electron chi connectivity index (χ4n) is 2.19. The van der Waals surface area contributed by atoms with Crippen LogP contribution >= 0.6 is 11.8 Å². The van der Waals surface area contributed by atoms with Crippen molar-refractivity contribution in [3.8, 4) is 5.75 Å². The molecular weight excluding hydrogens is 335 g/mol. The van der Waals surface area contributed by atoms with E-state index in [1.807, 2.05) is 0 Å². The molecule has 1 aliphatic rings. The van der Waals surface area contributed by atoms with E-state index >= 15 is 0 Å². The molecule has 23 heavy (non-hydrogen) atoms. The SMILES string of the molecule is COC(=O)C1CCN1C(=O)c1ccc(SC)c(OC(F)(F)F)c1.